The van der Waals surface area contributed by atoms with Gasteiger partial charge in [0.25, 0.3) is 0 Å². The van der Waals surface area contributed by atoms with Gasteiger partial charge in [-0.05, 0) is 45.2 Å². The minimum atomic E-state index is 0.753. The maximum absolute atomic E-state index is 4.45. The zero-order valence-corrected chi connectivity index (χ0v) is 12.0. The van der Waals surface area contributed by atoms with Gasteiger partial charge < -0.3 is 16.0 Å². The highest BCUT2D eigenvalue weighted by atomic mass is 15.1. The van der Waals surface area contributed by atoms with Gasteiger partial charge in [-0.2, -0.15) is 0 Å². The molecule has 2 heterocycles. The van der Waals surface area contributed by atoms with E-state index in [-0.39, 0.29) is 0 Å². The second-order valence-corrected chi connectivity index (χ2v) is 5.19. The molecule has 19 heavy (non-hydrogen) atoms. The highest BCUT2D eigenvalue weighted by Crippen LogP contribution is 2.15. The molecule has 0 unspecified atom stereocenters. The summed E-state index contributed by atoms with van der Waals surface area (Å²) in [5.74, 6) is 3.42. The van der Waals surface area contributed by atoms with Gasteiger partial charge >= 0.3 is 0 Å². The first-order valence-electron chi connectivity index (χ1n) is 7.32. The number of rotatable bonds is 6. The molecule has 0 aliphatic carbocycles. The summed E-state index contributed by atoms with van der Waals surface area (Å²) in [6.07, 6.45) is 3.59. The van der Waals surface area contributed by atoms with E-state index in [0.29, 0.717) is 0 Å². The quantitative estimate of drug-likeness (QED) is 0.733. The lowest BCUT2D eigenvalue weighted by Crippen LogP contribution is -2.31. The molecule has 5 heteroatoms. The van der Waals surface area contributed by atoms with Crippen molar-refractivity contribution in [3.63, 3.8) is 0 Å². The molecular weight excluding hydrogens is 238 g/mol. The van der Waals surface area contributed by atoms with Crippen LogP contribution in [0.25, 0.3) is 0 Å². The number of nitrogens with zero attached hydrogens (tertiary/aromatic N) is 2. The van der Waals surface area contributed by atoms with Crippen LogP contribution < -0.4 is 16.0 Å². The lowest BCUT2D eigenvalue weighted by atomic mass is 9.98. The third-order valence-corrected chi connectivity index (χ3v) is 3.42. The molecule has 5 nitrogen and oxygen atoms in total. The van der Waals surface area contributed by atoms with E-state index in [1.165, 1.54) is 12.8 Å². The first-order valence-corrected chi connectivity index (χ1v) is 7.32. The van der Waals surface area contributed by atoms with Crippen molar-refractivity contribution >= 4 is 11.6 Å². The Kier molecular flexibility index (Phi) is 5.39. The number of anilines is 2. The molecule has 1 aromatic heterocycles. The minimum Gasteiger partial charge on any atom is -0.370 e. The Bertz CT molecular complexity index is 387. The van der Waals surface area contributed by atoms with Crippen LogP contribution >= 0.6 is 0 Å². The van der Waals surface area contributed by atoms with Crippen molar-refractivity contribution in [1.82, 2.24) is 15.3 Å². The van der Waals surface area contributed by atoms with Crippen LogP contribution in [0.3, 0.4) is 0 Å². The average molecular weight is 263 g/mol. The van der Waals surface area contributed by atoms with Gasteiger partial charge in [-0.25, -0.2) is 9.97 Å². The summed E-state index contributed by atoms with van der Waals surface area (Å²) in [4.78, 5) is 8.84. The van der Waals surface area contributed by atoms with Crippen LogP contribution in [0.4, 0.5) is 11.6 Å². The largest absolute Gasteiger partial charge is 0.370 e. The summed E-state index contributed by atoms with van der Waals surface area (Å²) in [6.45, 7) is 8.32. The number of piperidine rings is 1. The van der Waals surface area contributed by atoms with Gasteiger partial charge in [0.05, 0.1) is 0 Å². The molecule has 0 aromatic carbocycles. The zero-order valence-electron chi connectivity index (χ0n) is 12.0. The van der Waals surface area contributed by atoms with Gasteiger partial charge in [0.1, 0.15) is 17.5 Å². The summed E-state index contributed by atoms with van der Waals surface area (Å²) >= 11 is 0. The van der Waals surface area contributed by atoms with Crippen molar-refractivity contribution in [2.24, 2.45) is 5.92 Å². The van der Waals surface area contributed by atoms with Crippen LogP contribution in [-0.4, -0.2) is 36.1 Å². The molecular formula is C14H25N5. The van der Waals surface area contributed by atoms with Crippen LogP contribution in [0.1, 0.15) is 32.0 Å². The van der Waals surface area contributed by atoms with Gasteiger partial charge in [-0.15, -0.1) is 0 Å². The van der Waals surface area contributed by atoms with Gasteiger partial charge in [0, 0.05) is 19.2 Å². The second-order valence-electron chi connectivity index (χ2n) is 5.19. The van der Waals surface area contributed by atoms with Crippen molar-refractivity contribution in [2.45, 2.75) is 33.1 Å². The minimum absolute atomic E-state index is 0.753. The molecule has 1 fully saturated rings. The highest BCUT2D eigenvalue weighted by molar-refractivity contribution is 5.47. The predicted octanol–water partition coefficient (Wildman–Crippen LogP) is 2.02. The number of aryl methyl sites for hydroxylation is 1. The third-order valence-electron chi connectivity index (χ3n) is 3.42. The fraction of sp³-hybridized carbons (Fsp3) is 0.714. The molecule has 0 saturated carbocycles. The van der Waals surface area contributed by atoms with E-state index < -0.39 is 0 Å². The van der Waals surface area contributed by atoms with E-state index in [0.717, 1.165) is 56.0 Å². The van der Waals surface area contributed by atoms with Crippen LogP contribution in [0.15, 0.2) is 6.07 Å². The Hall–Kier alpha value is -1.36. The smallest absolute Gasteiger partial charge is 0.131 e. The molecule has 1 saturated heterocycles. The van der Waals surface area contributed by atoms with Gasteiger partial charge in [0.2, 0.25) is 0 Å². The highest BCUT2D eigenvalue weighted by Gasteiger charge is 2.12. The zero-order chi connectivity index (χ0) is 13.5. The van der Waals surface area contributed by atoms with Crippen molar-refractivity contribution in [1.29, 1.82) is 0 Å². The van der Waals surface area contributed by atoms with E-state index in [1.54, 1.807) is 0 Å². The third kappa shape index (κ3) is 4.67. The second kappa shape index (κ2) is 7.28. The number of hydrogen-bond acceptors (Lipinski definition) is 5. The number of nitrogens with one attached hydrogen (secondary N) is 3. The van der Waals surface area contributed by atoms with Crippen molar-refractivity contribution in [3.8, 4) is 0 Å². The van der Waals surface area contributed by atoms with Crippen LogP contribution in [-0.2, 0) is 0 Å². The Morgan fingerprint density at radius 2 is 1.89 bits per heavy atom. The molecule has 106 valence electrons. The van der Waals surface area contributed by atoms with E-state index >= 15 is 0 Å². The SMILES string of the molecule is CCCNc1cc(NCC2CCNCC2)nc(C)n1. The summed E-state index contributed by atoms with van der Waals surface area (Å²) in [7, 11) is 0. The molecule has 1 aromatic rings. The first-order chi connectivity index (χ1) is 9.28. The van der Waals surface area contributed by atoms with Gasteiger partial charge in [-0.1, -0.05) is 6.92 Å². The van der Waals surface area contributed by atoms with E-state index in [4.69, 9.17) is 0 Å². The number of aromatic nitrogens is 2. The fourth-order valence-corrected chi connectivity index (χ4v) is 2.34. The van der Waals surface area contributed by atoms with Gasteiger partial charge in [0.15, 0.2) is 0 Å². The molecule has 1 aliphatic heterocycles. The molecule has 2 rings (SSSR count). The van der Waals surface area contributed by atoms with E-state index in [2.05, 4.69) is 32.8 Å². The normalized spacial score (nSPS) is 16.3. The Balaban J connectivity index is 1.89. The Morgan fingerprint density at radius 3 is 2.58 bits per heavy atom. The molecule has 0 bridgehead atoms. The lowest BCUT2D eigenvalue weighted by molar-refractivity contribution is 0.389. The first kappa shape index (κ1) is 14.1. The maximum Gasteiger partial charge on any atom is 0.131 e. The van der Waals surface area contributed by atoms with Crippen LogP contribution in [0, 0.1) is 12.8 Å². The fourth-order valence-electron chi connectivity index (χ4n) is 2.34. The summed E-state index contributed by atoms with van der Waals surface area (Å²) < 4.78 is 0. The topological polar surface area (TPSA) is 61.9 Å². The van der Waals surface area contributed by atoms with Crippen LogP contribution in [0.2, 0.25) is 0 Å². The van der Waals surface area contributed by atoms with Gasteiger partial charge in [-0.3, -0.25) is 0 Å². The molecule has 3 N–H and O–H groups in total. The maximum atomic E-state index is 4.45. The summed E-state index contributed by atoms with van der Waals surface area (Å²) in [5, 5.41) is 10.2. The standard InChI is InChI=1S/C14H25N5/c1-3-6-16-13-9-14(19-11(2)18-13)17-10-12-4-7-15-8-5-12/h9,12,15H,3-8,10H2,1-2H3,(H2,16,17,18,19). The van der Waals surface area contributed by atoms with E-state index in [9.17, 15) is 0 Å². The molecule has 0 radical (unpaired) electrons. The van der Waals surface area contributed by atoms with Crippen molar-refractivity contribution in [3.05, 3.63) is 11.9 Å². The monoisotopic (exact) mass is 263 g/mol. The van der Waals surface area contributed by atoms with Crippen LogP contribution in [0.5, 0.6) is 0 Å². The Morgan fingerprint density at radius 1 is 1.21 bits per heavy atom. The van der Waals surface area contributed by atoms with E-state index in [1.807, 2.05) is 13.0 Å². The Labute approximate surface area is 115 Å². The molecule has 0 atom stereocenters. The lowest BCUT2D eigenvalue weighted by Gasteiger charge is -2.23. The predicted molar refractivity (Wildman–Crippen MR) is 79.6 cm³/mol. The molecule has 0 amide bonds. The average Bonchev–Trinajstić information content (AvgIpc) is 2.43. The van der Waals surface area contributed by atoms with Crippen molar-refractivity contribution in [2.75, 3.05) is 36.8 Å². The molecule has 0 spiro atoms. The summed E-state index contributed by atoms with van der Waals surface area (Å²) in [6, 6.07) is 2.00. The molecule has 1 aliphatic rings. The summed E-state index contributed by atoms with van der Waals surface area (Å²) in [5.41, 5.74) is 0. The number of hydrogen-bond donors (Lipinski definition) is 3. The van der Waals surface area contributed by atoms with Crippen molar-refractivity contribution < 1.29 is 0 Å².